The van der Waals surface area contributed by atoms with Crippen LogP contribution in [0.5, 0.6) is 0 Å². The second kappa shape index (κ2) is 3.01. The number of pyridine rings is 1. The first-order chi connectivity index (χ1) is 5.77. The van der Waals surface area contributed by atoms with Gasteiger partial charge in [0.2, 0.25) is 0 Å². The van der Waals surface area contributed by atoms with Crippen molar-refractivity contribution in [2.24, 2.45) is 0 Å². The minimum Gasteiger partial charge on any atom is -0.264 e. The van der Waals surface area contributed by atoms with E-state index in [1.165, 1.54) is 19.9 Å². The molecule has 0 N–H and O–H groups in total. The number of hydrogen-bond acceptors (Lipinski definition) is 1. The van der Waals surface area contributed by atoms with Crippen molar-refractivity contribution in [2.75, 3.05) is 0 Å². The molecule has 0 radical (unpaired) electrons. The van der Waals surface area contributed by atoms with Crippen LogP contribution in [0.4, 0.5) is 0 Å². The van der Waals surface area contributed by atoms with E-state index in [2.05, 4.69) is 46.6 Å². The van der Waals surface area contributed by atoms with Crippen molar-refractivity contribution in [2.45, 2.75) is 6.92 Å². The first kappa shape index (κ1) is 7.98. The normalized spacial score (nSPS) is 10.5. The summed E-state index contributed by atoms with van der Waals surface area (Å²) in [7, 11) is 0. The van der Waals surface area contributed by atoms with Gasteiger partial charge < -0.3 is 0 Å². The molecule has 0 saturated heterocycles. The molecular formula is C10H8IN. The number of nitrogens with zero attached hydrogens (tertiary/aromatic N) is 1. The molecule has 0 unspecified atom stereocenters. The van der Waals surface area contributed by atoms with E-state index in [0.29, 0.717) is 0 Å². The van der Waals surface area contributed by atoms with Gasteiger partial charge in [0.15, 0.2) is 0 Å². The Balaban J connectivity index is 2.89. The van der Waals surface area contributed by atoms with Crippen molar-refractivity contribution in [3.05, 3.63) is 39.7 Å². The predicted molar refractivity (Wildman–Crippen MR) is 59.2 cm³/mol. The maximum absolute atomic E-state index is 4.10. The highest BCUT2D eigenvalue weighted by Gasteiger charge is 1.97. The lowest BCUT2D eigenvalue weighted by Crippen LogP contribution is -1.81. The van der Waals surface area contributed by atoms with Gasteiger partial charge in [-0.05, 0) is 52.6 Å². The summed E-state index contributed by atoms with van der Waals surface area (Å²) in [6.45, 7) is 2.11. The Hall–Kier alpha value is -0.640. The van der Waals surface area contributed by atoms with Gasteiger partial charge in [-0.2, -0.15) is 0 Å². The maximum Gasteiger partial charge on any atom is 0.0357 e. The zero-order valence-corrected chi connectivity index (χ0v) is 8.87. The Kier molecular flexibility index (Phi) is 2.00. The molecule has 2 heteroatoms. The molecule has 1 aromatic carbocycles. The van der Waals surface area contributed by atoms with Gasteiger partial charge in [-0.3, -0.25) is 4.98 Å². The highest BCUT2D eigenvalue weighted by molar-refractivity contribution is 14.1. The second-order valence-corrected chi connectivity index (χ2v) is 4.01. The summed E-state index contributed by atoms with van der Waals surface area (Å²) in [6, 6.07) is 6.40. The quantitative estimate of drug-likeness (QED) is 0.669. The Bertz CT molecular complexity index is 423. The maximum atomic E-state index is 4.10. The van der Waals surface area contributed by atoms with Crippen LogP contribution in [0.2, 0.25) is 0 Å². The van der Waals surface area contributed by atoms with Crippen molar-refractivity contribution in [1.82, 2.24) is 4.98 Å². The zero-order valence-electron chi connectivity index (χ0n) is 6.71. The summed E-state index contributed by atoms with van der Waals surface area (Å²) in [5.41, 5.74) is 1.30. The van der Waals surface area contributed by atoms with E-state index in [1.807, 2.05) is 18.5 Å². The standard InChI is InChI=1S/C10H8IN/c1-7-4-8-2-3-12-6-9(8)10(11)5-7/h2-6H,1H3. The van der Waals surface area contributed by atoms with E-state index in [-0.39, 0.29) is 0 Å². The van der Waals surface area contributed by atoms with Crippen LogP contribution in [-0.4, -0.2) is 4.98 Å². The van der Waals surface area contributed by atoms with Crippen LogP contribution in [0.25, 0.3) is 10.8 Å². The molecule has 2 aromatic rings. The van der Waals surface area contributed by atoms with Crippen LogP contribution in [0.3, 0.4) is 0 Å². The van der Waals surface area contributed by atoms with Gasteiger partial charge in [-0.25, -0.2) is 0 Å². The van der Waals surface area contributed by atoms with Gasteiger partial charge in [-0.1, -0.05) is 6.07 Å². The molecule has 0 saturated carbocycles. The molecule has 0 amide bonds. The minimum atomic E-state index is 1.24. The summed E-state index contributed by atoms with van der Waals surface area (Å²) >= 11 is 2.34. The van der Waals surface area contributed by atoms with Crippen molar-refractivity contribution in [1.29, 1.82) is 0 Å². The summed E-state index contributed by atoms with van der Waals surface area (Å²) < 4.78 is 1.27. The Morgan fingerprint density at radius 1 is 1.33 bits per heavy atom. The highest BCUT2D eigenvalue weighted by atomic mass is 127. The molecule has 0 aliphatic carbocycles. The fourth-order valence-corrected chi connectivity index (χ4v) is 2.24. The monoisotopic (exact) mass is 269 g/mol. The lowest BCUT2D eigenvalue weighted by atomic mass is 10.1. The predicted octanol–water partition coefficient (Wildman–Crippen LogP) is 3.15. The van der Waals surface area contributed by atoms with Crippen LogP contribution in [0, 0.1) is 10.5 Å². The van der Waals surface area contributed by atoms with Crippen molar-refractivity contribution < 1.29 is 0 Å². The molecule has 0 aliphatic rings. The SMILES string of the molecule is Cc1cc(I)c2cnccc2c1. The van der Waals surface area contributed by atoms with Gasteiger partial charge in [-0.15, -0.1) is 0 Å². The van der Waals surface area contributed by atoms with E-state index < -0.39 is 0 Å². The number of halogens is 1. The van der Waals surface area contributed by atoms with Crippen molar-refractivity contribution in [3.63, 3.8) is 0 Å². The second-order valence-electron chi connectivity index (χ2n) is 2.84. The van der Waals surface area contributed by atoms with E-state index >= 15 is 0 Å². The fourth-order valence-electron chi connectivity index (χ4n) is 1.30. The van der Waals surface area contributed by atoms with Crippen LogP contribution in [-0.2, 0) is 0 Å². The van der Waals surface area contributed by atoms with Gasteiger partial charge in [0.1, 0.15) is 0 Å². The molecule has 1 nitrogen and oxygen atoms in total. The first-order valence-corrected chi connectivity index (χ1v) is 4.85. The first-order valence-electron chi connectivity index (χ1n) is 3.77. The number of aromatic nitrogens is 1. The summed E-state index contributed by atoms with van der Waals surface area (Å²) in [5.74, 6) is 0. The third-order valence-corrected chi connectivity index (χ3v) is 2.74. The third-order valence-electron chi connectivity index (χ3n) is 1.85. The summed E-state index contributed by atoms with van der Waals surface area (Å²) in [6.07, 6.45) is 3.74. The molecule has 12 heavy (non-hydrogen) atoms. The van der Waals surface area contributed by atoms with Gasteiger partial charge in [0.05, 0.1) is 0 Å². The number of benzene rings is 1. The van der Waals surface area contributed by atoms with Crippen LogP contribution >= 0.6 is 22.6 Å². The van der Waals surface area contributed by atoms with Gasteiger partial charge in [0.25, 0.3) is 0 Å². The average Bonchev–Trinajstić information content (AvgIpc) is 2.04. The molecule has 0 spiro atoms. The zero-order chi connectivity index (χ0) is 8.55. The lowest BCUT2D eigenvalue weighted by Gasteiger charge is -2.00. The molecule has 0 fully saturated rings. The Morgan fingerprint density at radius 2 is 2.17 bits per heavy atom. The van der Waals surface area contributed by atoms with E-state index in [1.54, 1.807) is 0 Å². The van der Waals surface area contributed by atoms with E-state index in [0.717, 1.165) is 0 Å². The molecule has 0 atom stereocenters. The van der Waals surface area contributed by atoms with Crippen molar-refractivity contribution in [3.8, 4) is 0 Å². The topological polar surface area (TPSA) is 12.9 Å². The highest BCUT2D eigenvalue weighted by Crippen LogP contribution is 2.20. The molecule has 0 bridgehead atoms. The number of fused-ring (bicyclic) bond motifs is 1. The molecule has 60 valence electrons. The number of rotatable bonds is 0. The average molecular weight is 269 g/mol. The fraction of sp³-hybridized carbons (Fsp3) is 0.100. The van der Waals surface area contributed by atoms with E-state index in [4.69, 9.17) is 0 Å². The lowest BCUT2D eigenvalue weighted by molar-refractivity contribution is 1.35. The summed E-state index contributed by atoms with van der Waals surface area (Å²) in [5, 5.41) is 2.51. The largest absolute Gasteiger partial charge is 0.264 e. The van der Waals surface area contributed by atoms with Crippen LogP contribution < -0.4 is 0 Å². The van der Waals surface area contributed by atoms with Crippen LogP contribution in [0.15, 0.2) is 30.6 Å². The van der Waals surface area contributed by atoms with Crippen molar-refractivity contribution >= 4 is 33.4 Å². The van der Waals surface area contributed by atoms with E-state index in [9.17, 15) is 0 Å². The van der Waals surface area contributed by atoms with Crippen LogP contribution in [0.1, 0.15) is 5.56 Å². The third kappa shape index (κ3) is 1.31. The molecule has 0 aliphatic heterocycles. The molecule has 1 heterocycles. The number of aryl methyl sites for hydroxylation is 1. The molecular weight excluding hydrogens is 261 g/mol. The summed E-state index contributed by atoms with van der Waals surface area (Å²) in [4.78, 5) is 4.10. The number of hydrogen-bond donors (Lipinski definition) is 0. The molecule has 2 rings (SSSR count). The minimum absolute atomic E-state index is 1.24. The molecule has 1 aromatic heterocycles. The van der Waals surface area contributed by atoms with Gasteiger partial charge >= 0.3 is 0 Å². The smallest absolute Gasteiger partial charge is 0.0357 e. The Labute approximate surface area is 85.0 Å². The Morgan fingerprint density at radius 3 is 3.00 bits per heavy atom. The van der Waals surface area contributed by atoms with Gasteiger partial charge in [0, 0.05) is 21.4 Å².